The molecule has 2 N–H and O–H groups in total. The maximum atomic E-state index is 13.9. The van der Waals surface area contributed by atoms with E-state index in [1.807, 2.05) is 91.0 Å². The van der Waals surface area contributed by atoms with E-state index in [9.17, 15) is 24.0 Å². The van der Waals surface area contributed by atoms with E-state index in [1.165, 1.54) is 28.1 Å². The maximum absolute atomic E-state index is 13.9. The van der Waals surface area contributed by atoms with E-state index in [0.29, 0.717) is 0 Å². The summed E-state index contributed by atoms with van der Waals surface area (Å²) in [6.07, 6.45) is -0.435. The van der Waals surface area contributed by atoms with Crippen molar-refractivity contribution in [1.82, 2.24) is 15.2 Å². The molecule has 1 fully saturated rings. The molecule has 2 aliphatic heterocycles. The van der Waals surface area contributed by atoms with Crippen LogP contribution in [-0.2, 0) is 40.0 Å². The van der Waals surface area contributed by atoms with Gasteiger partial charge in [-0.1, -0.05) is 109 Å². The minimum absolute atomic E-state index is 0.0321. The van der Waals surface area contributed by atoms with Gasteiger partial charge >= 0.3 is 18.0 Å². The monoisotopic (exact) mass is 800 g/mol. The number of β-lactam (4-membered cyclic amide) rings is 1. The third-order valence-corrected chi connectivity index (χ3v) is 10.6. The van der Waals surface area contributed by atoms with Gasteiger partial charge in [-0.3, -0.25) is 19.7 Å². The number of nitrogens with zero attached hydrogens (tertiary/aromatic N) is 2. The van der Waals surface area contributed by atoms with Crippen LogP contribution in [0.1, 0.15) is 55.7 Å². The summed E-state index contributed by atoms with van der Waals surface area (Å²) in [4.78, 5) is 72.3. The second-order valence-electron chi connectivity index (χ2n) is 13.4. The van der Waals surface area contributed by atoms with Gasteiger partial charge in [0.15, 0.2) is 17.3 Å². The molecule has 3 amide bonds. The van der Waals surface area contributed by atoms with Gasteiger partial charge in [-0.25, -0.2) is 14.6 Å². The van der Waals surface area contributed by atoms with E-state index in [4.69, 9.17) is 25.8 Å². The van der Waals surface area contributed by atoms with Crippen molar-refractivity contribution in [1.29, 1.82) is 0 Å². The van der Waals surface area contributed by atoms with Gasteiger partial charge in [0.05, 0.1) is 22.7 Å². The lowest BCUT2D eigenvalue weighted by molar-refractivity contribution is -0.164. The number of aromatic nitrogens is 1. The number of carbonyl (C=O) groups is 5. The molecule has 1 aromatic heterocycles. The van der Waals surface area contributed by atoms with Crippen LogP contribution < -0.4 is 10.6 Å². The second-order valence-corrected chi connectivity index (χ2v) is 15.7. The lowest BCUT2D eigenvalue weighted by atomic mass is 10.00. The zero-order valence-electron chi connectivity index (χ0n) is 30.0. The fourth-order valence-electron chi connectivity index (χ4n) is 5.72. The Hall–Kier alpha value is -5.44. The average molecular weight is 801 g/mol. The fourth-order valence-corrected chi connectivity index (χ4v) is 7.86. The number of nitrogens with one attached hydrogen (secondary N) is 2. The second kappa shape index (κ2) is 17.4. The summed E-state index contributed by atoms with van der Waals surface area (Å²) < 4.78 is 16.8. The molecule has 3 aromatic carbocycles. The Labute approximate surface area is 330 Å². The fraction of sp³-hybridized carbons (Fsp3) is 0.250. The third kappa shape index (κ3) is 9.82. The summed E-state index contributed by atoms with van der Waals surface area (Å²) in [7, 11) is 0. The molecule has 1 saturated heterocycles. The number of esters is 2. The first-order valence-corrected chi connectivity index (χ1v) is 19.4. The molecule has 3 heterocycles. The van der Waals surface area contributed by atoms with Crippen LogP contribution in [0.5, 0.6) is 0 Å². The first-order chi connectivity index (χ1) is 26.4. The normalized spacial score (nSPS) is 18.0. The van der Waals surface area contributed by atoms with Gasteiger partial charge in [-0.15, -0.1) is 23.1 Å². The van der Waals surface area contributed by atoms with Gasteiger partial charge in [0.1, 0.15) is 23.6 Å². The van der Waals surface area contributed by atoms with Crippen molar-refractivity contribution in [2.24, 2.45) is 0 Å². The van der Waals surface area contributed by atoms with Gasteiger partial charge in [0, 0.05) is 5.38 Å². The van der Waals surface area contributed by atoms with Gasteiger partial charge in [-0.05, 0) is 42.9 Å². The van der Waals surface area contributed by atoms with E-state index < -0.39 is 59.0 Å². The third-order valence-electron chi connectivity index (χ3n) is 8.24. The molecule has 12 nitrogen and oxygen atoms in total. The number of thioether (sulfide) groups is 1. The van der Waals surface area contributed by atoms with Crippen LogP contribution in [-0.4, -0.2) is 62.8 Å². The molecule has 0 spiro atoms. The Kier molecular flexibility index (Phi) is 12.4. The number of anilines is 1. The van der Waals surface area contributed by atoms with E-state index in [1.54, 1.807) is 26.2 Å². The molecule has 2 aliphatic rings. The van der Waals surface area contributed by atoms with Crippen LogP contribution in [0, 0.1) is 0 Å². The van der Waals surface area contributed by atoms with Crippen LogP contribution in [0.25, 0.3) is 5.57 Å². The number of halogens is 1. The Bertz CT molecular complexity index is 2070. The van der Waals surface area contributed by atoms with Gasteiger partial charge in [0.2, 0.25) is 5.91 Å². The number of thiazole rings is 1. The zero-order chi connectivity index (χ0) is 39.1. The first-order valence-electron chi connectivity index (χ1n) is 17.2. The smallest absolute Gasteiger partial charge is 0.413 e. The Balaban J connectivity index is 1.18. The van der Waals surface area contributed by atoms with Gasteiger partial charge < -0.3 is 24.4 Å². The number of ether oxygens (including phenoxy) is 3. The molecule has 55 heavy (non-hydrogen) atoms. The van der Waals surface area contributed by atoms with Crippen molar-refractivity contribution in [3.05, 3.63) is 135 Å². The van der Waals surface area contributed by atoms with Crippen LogP contribution in [0.2, 0.25) is 0 Å². The standard InChI is InChI=1S/C40H37ClN4O8S2/c1-40(2,3)53-39(50)44-38-42-29(23-55-38)27(19-20-30(46)51-21-24-13-7-4-8-14-24)34(47)43-31-35(48)45-32(28(41)22-54-36(31)45)37(49)52-33(25-15-9-5-10-16-25)26-17-11-6-12-18-26/h4-19,22-23,31-33,36H,20-21H2,1-3H3,(H,43,47)(H,42,44,50)/t31-,32?,36-/m1/s1. The van der Waals surface area contributed by atoms with Crippen LogP contribution in [0.15, 0.2) is 113 Å². The number of hydrogen-bond acceptors (Lipinski definition) is 11. The number of benzene rings is 3. The van der Waals surface area contributed by atoms with E-state index in [-0.39, 0.29) is 34.5 Å². The van der Waals surface area contributed by atoms with E-state index >= 15 is 0 Å². The molecule has 4 aromatic rings. The lowest BCUT2D eigenvalue weighted by Gasteiger charge is -2.51. The predicted octanol–water partition coefficient (Wildman–Crippen LogP) is 7.19. The van der Waals surface area contributed by atoms with Crippen molar-refractivity contribution in [2.45, 2.75) is 63.0 Å². The number of hydrogen-bond donors (Lipinski definition) is 2. The zero-order valence-corrected chi connectivity index (χ0v) is 32.4. The summed E-state index contributed by atoms with van der Waals surface area (Å²) in [6, 6.07) is 25.3. The van der Waals surface area contributed by atoms with Crippen LogP contribution in [0.3, 0.4) is 0 Å². The van der Waals surface area contributed by atoms with Gasteiger partial charge in [0.25, 0.3) is 5.91 Å². The summed E-state index contributed by atoms with van der Waals surface area (Å²) in [5, 5.41) is 7.95. The minimum atomic E-state index is -1.24. The predicted molar refractivity (Wildman–Crippen MR) is 210 cm³/mol. The van der Waals surface area contributed by atoms with Crippen molar-refractivity contribution < 1.29 is 38.2 Å². The molecule has 0 radical (unpaired) electrons. The number of amides is 3. The van der Waals surface area contributed by atoms with Crippen LogP contribution in [0.4, 0.5) is 9.93 Å². The Morgan fingerprint density at radius 3 is 2.18 bits per heavy atom. The van der Waals surface area contributed by atoms with E-state index in [0.717, 1.165) is 28.0 Å². The Morgan fingerprint density at radius 1 is 0.945 bits per heavy atom. The highest BCUT2D eigenvalue weighted by molar-refractivity contribution is 8.03. The Morgan fingerprint density at radius 2 is 1.56 bits per heavy atom. The molecular formula is C40H37ClN4O8S2. The molecule has 3 atom stereocenters. The van der Waals surface area contributed by atoms with E-state index in [2.05, 4.69) is 15.6 Å². The highest BCUT2D eigenvalue weighted by Crippen LogP contribution is 2.42. The average Bonchev–Trinajstić information content (AvgIpc) is 3.62. The van der Waals surface area contributed by atoms with Crippen molar-refractivity contribution in [2.75, 3.05) is 5.32 Å². The topological polar surface area (TPSA) is 153 Å². The molecule has 284 valence electrons. The molecular weight excluding hydrogens is 764 g/mol. The molecule has 15 heteroatoms. The summed E-state index contributed by atoms with van der Waals surface area (Å²) >= 11 is 8.78. The maximum Gasteiger partial charge on any atom is 0.413 e. The summed E-state index contributed by atoms with van der Waals surface area (Å²) in [5.74, 6) is -2.60. The number of rotatable bonds is 12. The van der Waals surface area contributed by atoms with Crippen molar-refractivity contribution >= 4 is 75.3 Å². The largest absolute Gasteiger partial charge is 0.461 e. The molecule has 0 saturated carbocycles. The van der Waals surface area contributed by atoms with Crippen LogP contribution >= 0.6 is 34.7 Å². The summed E-state index contributed by atoms with van der Waals surface area (Å²) in [6.45, 7) is 5.20. The lowest BCUT2D eigenvalue weighted by Crippen LogP contribution is -2.73. The van der Waals surface area contributed by atoms with Gasteiger partial charge in [-0.2, -0.15) is 0 Å². The quantitative estimate of drug-likeness (QED) is 0.0652. The first kappa shape index (κ1) is 39.3. The highest BCUT2D eigenvalue weighted by Gasteiger charge is 2.56. The highest BCUT2D eigenvalue weighted by atomic mass is 35.5. The number of carbonyl (C=O) groups excluding carboxylic acids is 5. The number of fused-ring (bicyclic) bond motifs is 1. The molecule has 6 rings (SSSR count). The van der Waals surface area contributed by atoms with Crippen molar-refractivity contribution in [3.8, 4) is 0 Å². The molecule has 1 unspecified atom stereocenters. The van der Waals surface area contributed by atoms with Crippen molar-refractivity contribution in [3.63, 3.8) is 0 Å². The molecule has 0 aliphatic carbocycles. The minimum Gasteiger partial charge on any atom is -0.461 e. The summed E-state index contributed by atoms with van der Waals surface area (Å²) in [5.41, 5.74) is 1.62. The SMILES string of the molecule is CC(C)(C)OC(=O)Nc1nc(C(=CCC(=O)OCc2ccccc2)C(=O)N[C@@H]2C(=O)N3C(C(=O)OC(c4ccccc4)c4ccccc4)C(Cl)=CS[C@H]23)cs1. The molecule has 0 bridgehead atoms.